The Morgan fingerprint density at radius 2 is 1.85 bits per heavy atom. The zero-order valence-electron chi connectivity index (χ0n) is 16.4. The van der Waals surface area contributed by atoms with E-state index in [2.05, 4.69) is 53.8 Å². The second-order valence-corrected chi connectivity index (χ2v) is 8.78. The molecule has 1 fully saturated rings. The monoisotopic (exact) mass is 352 g/mol. The normalized spacial score (nSPS) is 17.1. The molecule has 6 heteroatoms. The predicted molar refractivity (Wildman–Crippen MR) is 104 cm³/mol. The number of aryl methyl sites for hydroxylation is 1. The van der Waals surface area contributed by atoms with Crippen LogP contribution in [0.15, 0.2) is 24.5 Å². The minimum absolute atomic E-state index is 0.114. The van der Waals surface area contributed by atoms with Crippen LogP contribution in [0.1, 0.15) is 64.8 Å². The van der Waals surface area contributed by atoms with Crippen molar-refractivity contribution in [2.75, 3.05) is 5.32 Å². The summed E-state index contributed by atoms with van der Waals surface area (Å²) in [4.78, 5) is 4.55. The molecule has 3 heterocycles. The third kappa shape index (κ3) is 2.87. The van der Waals surface area contributed by atoms with Crippen molar-refractivity contribution in [2.24, 2.45) is 0 Å². The summed E-state index contributed by atoms with van der Waals surface area (Å²) in [5.41, 5.74) is 3.20. The maximum Gasteiger partial charge on any atom is 0.157 e. The molecule has 26 heavy (non-hydrogen) atoms. The van der Waals surface area contributed by atoms with E-state index in [0.29, 0.717) is 0 Å². The fourth-order valence-electron chi connectivity index (χ4n) is 3.95. The average molecular weight is 352 g/mol. The molecule has 0 aromatic carbocycles. The summed E-state index contributed by atoms with van der Waals surface area (Å²) in [5, 5.41) is 13.0. The van der Waals surface area contributed by atoms with Gasteiger partial charge >= 0.3 is 0 Å². The van der Waals surface area contributed by atoms with Crippen molar-refractivity contribution in [1.82, 2.24) is 24.4 Å². The van der Waals surface area contributed by atoms with E-state index < -0.39 is 0 Å². The van der Waals surface area contributed by atoms with E-state index in [1.165, 1.54) is 31.4 Å². The zero-order valence-corrected chi connectivity index (χ0v) is 16.4. The quantitative estimate of drug-likeness (QED) is 0.750. The van der Waals surface area contributed by atoms with Gasteiger partial charge in [0.1, 0.15) is 11.3 Å². The minimum atomic E-state index is -0.114. The van der Waals surface area contributed by atoms with Crippen LogP contribution >= 0.6 is 0 Å². The maximum atomic E-state index is 5.02. The first-order valence-corrected chi connectivity index (χ1v) is 9.45. The average Bonchev–Trinajstić information content (AvgIpc) is 3.25. The second-order valence-electron chi connectivity index (χ2n) is 8.78. The molecular weight excluding hydrogens is 324 g/mol. The summed E-state index contributed by atoms with van der Waals surface area (Å²) >= 11 is 0. The third-order valence-electron chi connectivity index (χ3n) is 5.43. The van der Waals surface area contributed by atoms with Crippen LogP contribution in [0.3, 0.4) is 0 Å². The smallest absolute Gasteiger partial charge is 0.157 e. The lowest BCUT2D eigenvalue weighted by Crippen LogP contribution is -2.26. The Morgan fingerprint density at radius 3 is 2.54 bits per heavy atom. The van der Waals surface area contributed by atoms with Crippen LogP contribution in [0.5, 0.6) is 0 Å². The second kappa shape index (κ2) is 5.83. The number of nitrogens with one attached hydrogen (secondary N) is 1. The van der Waals surface area contributed by atoms with Crippen molar-refractivity contribution >= 4 is 17.2 Å². The van der Waals surface area contributed by atoms with Crippen molar-refractivity contribution in [1.29, 1.82) is 0 Å². The van der Waals surface area contributed by atoms with Gasteiger partial charge in [0.05, 0.1) is 16.9 Å². The summed E-state index contributed by atoms with van der Waals surface area (Å²) in [6, 6.07) is 4.26. The maximum absolute atomic E-state index is 5.02. The number of rotatable bonds is 3. The van der Waals surface area contributed by atoms with E-state index in [4.69, 9.17) is 5.10 Å². The Kier molecular flexibility index (Phi) is 3.82. The lowest BCUT2D eigenvalue weighted by Gasteiger charge is -2.24. The van der Waals surface area contributed by atoms with Crippen LogP contribution in [0.2, 0.25) is 0 Å². The van der Waals surface area contributed by atoms with Gasteiger partial charge in [-0.2, -0.15) is 10.2 Å². The Balaban J connectivity index is 1.78. The molecule has 1 aliphatic rings. The van der Waals surface area contributed by atoms with Crippen LogP contribution in [-0.4, -0.2) is 24.4 Å². The lowest BCUT2D eigenvalue weighted by molar-refractivity contribution is 0.349. The van der Waals surface area contributed by atoms with E-state index in [9.17, 15) is 0 Å². The molecule has 3 aromatic rings. The molecule has 0 saturated heterocycles. The first-order valence-electron chi connectivity index (χ1n) is 9.45. The molecule has 1 saturated carbocycles. The standard InChI is InChI=1S/C20H28N6/c1-14-12-15-18(21-10-11-25(15)23-14)22-17-13-16(20(5)8-6-7-9-20)24-26(17)19(2,3)4/h10-13H,6-9H2,1-5H3,(H,21,22). The third-order valence-corrected chi connectivity index (χ3v) is 5.43. The van der Waals surface area contributed by atoms with Gasteiger partial charge in [-0.3, -0.25) is 0 Å². The Labute approximate surface area is 154 Å². The van der Waals surface area contributed by atoms with Gasteiger partial charge in [-0.1, -0.05) is 19.8 Å². The first-order chi connectivity index (χ1) is 12.3. The summed E-state index contributed by atoms with van der Waals surface area (Å²) in [7, 11) is 0. The molecule has 3 aromatic heterocycles. The molecule has 1 aliphatic carbocycles. The molecular formula is C20H28N6. The van der Waals surface area contributed by atoms with Gasteiger partial charge in [0.2, 0.25) is 0 Å². The molecule has 4 rings (SSSR count). The topological polar surface area (TPSA) is 60.0 Å². The summed E-state index contributed by atoms with van der Waals surface area (Å²) < 4.78 is 3.96. The minimum Gasteiger partial charge on any atom is -0.323 e. The van der Waals surface area contributed by atoms with Gasteiger partial charge in [0, 0.05) is 23.9 Å². The van der Waals surface area contributed by atoms with E-state index in [1.807, 2.05) is 23.7 Å². The van der Waals surface area contributed by atoms with Crippen LogP contribution in [0.25, 0.3) is 5.52 Å². The van der Waals surface area contributed by atoms with E-state index >= 15 is 0 Å². The lowest BCUT2D eigenvalue weighted by atomic mass is 9.85. The van der Waals surface area contributed by atoms with Crippen molar-refractivity contribution < 1.29 is 0 Å². The Morgan fingerprint density at radius 1 is 1.12 bits per heavy atom. The van der Waals surface area contributed by atoms with Crippen molar-refractivity contribution in [3.8, 4) is 0 Å². The highest BCUT2D eigenvalue weighted by molar-refractivity contribution is 5.72. The van der Waals surface area contributed by atoms with Crippen LogP contribution < -0.4 is 5.32 Å². The highest BCUT2D eigenvalue weighted by Gasteiger charge is 2.35. The van der Waals surface area contributed by atoms with E-state index in [0.717, 1.165) is 22.8 Å². The Bertz CT molecular complexity index is 937. The molecule has 1 N–H and O–H groups in total. The number of anilines is 2. The molecule has 0 aliphatic heterocycles. The fraction of sp³-hybridized carbons (Fsp3) is 0.550. The van der Waals surface area contributed by atoms with Crippen LogP contribution in [0, 0.1) is 6.92 Å². The first kappa shape index (κ1) is 17.1. The summed E-state index contributed by atoms with van der Waals surface area (Å²) in [6.07, 6.45) is 8.65. The number of aromatic nitrogens is 5. The molecule has 0 atom stereocenters. The molecule has 138 valence electrons. The molecule has 0 unspecified atom stereocenters. The van der Waals surface area contributed by atoms with Crippen molar-refractivity contribution in [3.63, 3.8) is 0 Å². The zero-order chi connectivity index (χ0) is 18.5. The number of hydrogen-bond acceptors (Lipinski definition) is 4. The van der Waals surface area contributed by atoms with Crippen LogP contribution in [-0.2, 0) is 11.0 Å². The number of nitrogens with zero attached hydrogens (tertiary/aromatic N) is 5. The number of fused-ring (bicyclic) bond motifs is 1. The van der Waals surface area contributed by atoms with Gasteiger partial charge in [-0.25, -0.2) is 14.2 Å². The molecule has 0 radical (unpaired) electrons. The van der Waals surface area contributed by atoms with Gasteiger partial charge < -0.3 is 5.32 Å². The molecule has 0 spiro atoms. The Hall–Kier alpha value is -2.37. The van der Waals surface area contributed by atoms with Crippen molar-refractivity contribution in [2.45, 2.75) is 71.3 Å². The van der Waals surface area contributed by atoms with Crippen LogP contribution in [0.4, 0.5) is 11.6 Å². The molecule has 0 bridgehead atoms. The van der Waals surface area contributed by atoms with Gasteiger partial charge in [-0.05, 0) is 46.6 Å². The highest BCUT2D eigenvalue weighted by atomic mass is 15.4. The van der Waals surface area contributed by atoms with Gasteiger partial charge in [0.15, 0.2) is 5.82 Å². The van der Waals surface area contributed by atoms with Gasteiger partial charge in [0.25, 0.3) is 0 Å². The van der Waals surface area contributed by atoms with E-state index in [-0.39, 0.29) is 11.0 Å². The van der Waals surface area contributed by atoms with Gasteiger partial charge in [-0.15, -0.1) is 0 Å². The summed E-state index contributed by atoms with van der Waals surface area (Å²) in [5.74, 6) is 1.79. The predicted octanol–water partition coefficient (Wildman–Crippen LogP) is 4.56. The van der Waals surface area contributed by atoms with Crippen molar-refractivity contribution in [3.05, 3.63) is 35.9 Å². The fourth-order valence-corrected chi connectivity index (χ4v) is 3.95. The molecule has 0 amide bonds. The molecule has 6 nitrogen and oxygen atoms in total. The summed E-state index contributed by atoms with van der Waals surface area (Å²) in [6.45, 7) is 10.9. The largest absolute Gasteiger partial charge is 0.323 e. The SMILES string of the molecule is Cc1cc2c(Nc3cc(C4(C)CCCC4)nn3C(C)(C)C)nccn2n1. The number of hydrogen-bond donors (Lipinski definition) is 1. The highest BCUT2D eigenvalue weighted by Crippen LogP contribution is 2.41. The van der Waals surface area contributed by atoms with E-state index in [1.54, 1.807) is 6.20 Å².